The summed E-state index contributed by atoms with van der Waals surface area (Å²) in [6, 6.07) is 3.67. The Balaban J connectivity index is 1.68. The number of aryl methyl sites for hydroxylation is 1. The third-order valence-corrected chi connectivity index (χ3v) is 3.94. The smallest absolute Gasteiger partial charge is 0.231 e. The van der Waals surface area contributed by atoms with Crippen LogP contribution in [0.2, 0.25) is 0 Å². The molecule has 1 aromatic rings. The van der Waals surface area contributed by atoms with E-state index >= 15 is 0 Å². The van der Waals surface area contributed by atoms with Crippen LogP contribution < -0.4 is 5.32 Å². The van der Waals surface area contributed by atoms with E-state index in [1.54, 1.807) is 0 Å². The predicted molar refractivity (Wildman–Crippen MR) is 89.7 cm³/mol. The van der Waals surface area contributed by atoms with Crippen LogP contribution in [0, 0.1) is 18.8 Å². The molecule has 2 heterocycles. The van der Waals surface area contributed by atoms with E-state index in [1.807, 2.05) is 31.3 Å². The highest BCUT2D eigenvalue weighted by molar-refractivity contribution is 5.83. The maximum atomic E-state index is 12.2. The maximum absolute atomic E-state index is 12.2. The molecule has 1 unspecified atom stereocenters. The number of nitrogens with zero attached hydrogens (tertiary/aromatic N) is 3. The van der Waals surface area contributed by atoms with Gasteiger partial charge in [0.05, 0.1) is 17.8 Å². The summed E-state index contributed by atoms with van der Waals surface area (Å²) in [5.74, 6) is 1.15. The summed E-state index contributed by atoms with van der Waals surface area (Å²) in [6.07, 6.45) is 8.43. The van der Waals surface area contributed by atoms with Gasteiger partial charge in [-0.05, 0) is 30.5 Å². The Labute approximate surface area is 135 Å². The van der Waals surface area contributed by atoms with E-state index in [1.165, 1.54) is 5.57 Å². The van der Waals surface area contributed by atoms with E-state index in [0.29, 0.717) is 17.4 Å². The lowest BCUT2D eigenvalue weighted by molar-refractivity contribution is -0.119. The number of fused-ring (bicyclic) bond motifs is 1. The van der Waals surface area contributed by atoms with Gasteiger partial charge >= 0.3 is 0 Å². The minimum absolute atomic E-state index is 0.129. The molecule has 1 aromatic heterocycles. The summed E-state index contributed by atoms with van der Waals surface area (Å²) in [6.45, 7) is 6.20. The van der Waals surface area contributed by atoms with Crippen LogP contribution in [0.4, 0.5) is 0 Å². The summed E-state index contributed by atoms with van der Waals surface area (Å²) >= 11 is 0. The number of carbonyl (C=O) groups excluding carboxylic acids is 1. The Morgan fingerprint density at radius 1 is 1.26 bits per heavy atom. The highest BCUT2D eigenvalue weighted by Crippen LogP contribution is 2.30. The molecular formula is C18H20N4O. The van der Waals surface area contributed by atoms with Gasteiger partial charge < -0.3 is 5.32 Å². The Kier molecular flexibility index (Phi) is 4.19. The molecule has 0 radical (unpaired) electrons. The van der Waals surface area contributed by atoms with Gasteiger partial charge in [-0.3, -0.25) is 4.79 Å². The van der Waals surface area contributed by atoms with Gasteiger partial charge in [-0.1, -0.05) is 32.1 Å². The van der Waals surface area contributed by atoms with E-state index in [0.717, 1.165) is 11.3 Å². The van der Waals surface area contributed by atoms with Gasteiger partial charge in [-0.2, -0.15) is 10.2 Å². The van der Waals surface area contributed by atoms with Crippen LogP contribution in [0.15, 0.2) is 52.3 Å². The quantitative estimate of drug-likeness (QED) is 0.929. The van der Waals surface area contributed by atoms with E-state index < -0.39 is 0 Å². The summed E-state index contributed by atoms with van der Waals surface area (Å²) in [5, 5.41) is 10.9. The fourth-order valence-electron chi connectivity index (χ4n) is 2.59. The van der Waals surface area contributed by atoms with Crippen molar-refractivity contribution in [3.8, 4) is 0 Å². The molecule has 0 spiro atoms. The molecule has 0 bridgehead atoms. The summed E-state index contributed by atoms with van der Waals surface area (Å²) < 4.78 is 0. The average Bonchev–Trinajstić information content (AvgIpc) is 2.92. The number of allylic oxidation sites excluding steroid dienone is 5. The average molecular weight is 308 g/mol. The van der Waals surface area contributed by atoms with Crippen molar-refractivity contribution in [3.63, 3.8) is 0 Å². The van der Waals surface area contributed by atoms with Gasteiger partial charge in [0.15, 0.2) is 0 Å². The first kappa shape index (κ1) is 15.3. The summed E-state index contributed by atoms with van der Waals surface area (Å²) in [4.78, 5) is 16.5. The fraction of sp³-hybridized carbons (Fsp3) is 0.333. The standard InChI is InChI=1S/C18H20N4O/c1-11(2)13-5-7-16-14(8-13)10-19-18(16)20-17(23)9-15-6-4-12(3)21-22-15/h4-8,10-11,14H,9H2,1-3H3,(H,20,23). The van der Waals surface area contributed by atoms with Crippen LogP contribution in [0.3, 0.4) is 0 Å². The second-order valence-corrected chi connectivity index (χ2v) is 6.15. The summed E-state index contributed by atoms with van der Waals surface area (Å²) in [5.41, 5.74) is 3.83. The molecule has 1 atom stereocenters. The number of carbonyl (C=O) groups is 1. The lowest BCUT2D eigenvalue weighted by Crippen LogP contribution is -2.25. The number of aromatic nitrogens is 2. The Hall–Kier alpha value is -2.56. The van der Waals surface area contributed by atoms with Crippen LogP contribution in [0.1, 0.15) is 25.2 Å². The molecule has 2 aliphatic rings. The van der Waals surface area contributed by atoms with Crippen molar-refractivity contribution in [1.29, 1.82) is 0 Å². The molecule has 1 amide bonds. The van der Waals surface area contributed by atoms with E-state index in [-0.39, 0.29) is 18.2 Å². The second-order valence-electron chi connectivity index (χ2n) is 6.15. The molecule has 0 fully saturated rings. The molecule has 23 heavy (non-hydrogen) atoms. The Morgan fingerprint density at radius 2 is 2.09 bits per heavy atom. The van der Waals surface area contributed by atoms with Gasteiger partial charge in [0, 0.05) is 17.7 Å². The van der Waals surface area contributed by atoms with Crippen LogP contribution in [-0.4, -0.2) is 22.3 Å². The Bertz CT molecular complexity index is 739. The van der Waals surface area contributed by atoms with E-state index in [9.17, 15) is 4.79 Å². The zero-order valence-corrected chi connectivity index (χ0v) is 13.6. The lowest BCUT2D eigenvalue weighted by Gasteiger charge is -2.16. The molecule has 5 nitrogen and oxygen atoms in total. The van der Waals surface area contributed by atoms with Crippen molar-refractivity contribution < 1.29 is 4.79 Å². The van der Waals surface area contributed by atoms with Crippen LogP contribution in [-0.2, 0) is 11.2 Å². The van der Waals surface area contributed by atoms with Crippen LogP contribution in [0.25, 0.3) is 0 Å². The van der Waals surface area contributed by atoms with Gasteiger partial charge in [0.1, 0.15) is 5.82 Å². The molecule has 1 aliphatic heterocycles. The monoisotopic (exact) mass is 308 g/mol. The van der Waals surface area contributed by atoms with Crippen LogP contribution in [0.5, 0.6) is 0 Å². The van der Waals surface area contributed by atoms with E-state index in [2.05, 4.69) is 46.5 Å². The first-order valence-electron chi connectivity index (χ1n) is 7.80. The number of aliphatic imine (C=N–C) groups is 1. The van der Waals surface area contributed by atoms with Crippen molar-refractivity contribution in [1.82, 2.24) is 15.5 Å². The van der Waals surface area contributed by atoms with Gasteiger partial charge in [0.2, 0.25) is 5.91 Å². The van der Waals surface area contributed by atoms with Crippen molar-refractivity contribution in [2.75, 3.05) is 0 Å². The zero-order chi connectivity index (χ0) is 16.4. The topological polar surface area (TPSA) is 67.2 Å². The minimum atomic E-state index is -0.129. The number of hydrogen-bond acceptors (Lipinski definition) is 4. The SMILES string of the molecule is Cc1ccc(CC(=O)NC2=C3C=CC(C(C)C)=CC3C=N2)nn1. The molecule has 1 N–H and O–H groups in total. The highest BCUT2D eigenvalue weighted by atomic mass is 16.1. The lowest BCUT2D eigenvalue weighted by atomic mass is 9.88. The maximum Gasteiger partial charge on any atom is 0.231 e. The molecule has 3 rings (SSSR count). The van der Waals surface area contributed by atoms with Crippen molar-refractivity contribution >= 4 is 12.1 Å². The van der Waals surface area contributed by atoms with Crippen molar-refractivity contribution in [2.24, 2.45) is 16.8 Å². The third-order valence-electron chi connectivity index (χ3n) is 3.94. The van der Waals surface area contributed by atoms with Crippen molar-refractivity contribution in [3.05, 3.63) is 58.7 Å². The number of amides is 1. The third kappa shape index (κ3) is 3.44. The first-order valence-corrected chi connectivity index (χ1v) is 7.80. The fourth-order valence-corrected chi connectivity index (χ4v) is 2.59. The van der Waals surface area contributed by atoms with E-state index in [4.69, 9.17) is 0 Å². The van der Waals surface area contributed by atoms with Gasteiger partial charge in [-0.25, -0.2) is 4.99 Å². The second kappa shape index (κ2) is 6.28. The number of nitrogens with one attached hydrogen (secondary N) is 1. The largest absolute Gasteiger partial charge is 0.310 e. The molecule has 0 aromatic carbocycles. The zero-order valence-electron chi connectivity index (χ0n) is 13.6. The molecule has 1 aliphatic carbocycles. The minimum Gasteiger partial charge on any atom is -0.310 e. The van der Waals surface area contributed by atoms with Crippen molar-refractivity contribution in [2.45, 2.75) is 27.2 Å². The number of rotatable bonds is 4. The molecule has 0 saturated carbocycles. The highest BCUT2D eigenvalue weighted by Gasteiger charge is 2.23. The Morgan fingerprint density at radius 3 is 2.78 bits per heavy atom. The van der Waals surface area contributed by atoms with Gasteiger partial charge in [0.25, 0.3) is 0 Å². The predicted octanol–water partition coefficient (Wildman–Crippen LogP) is 2.51. The number of hydrogen-bond donors (Lipinski definition) is 1. The molecule has 5 heteroatoms. The molecule has 118 valence electrons. The molecular weight excluding hydrogens is 288 g/mol. The first-order chi connectivity index (χ1) is 11.0. The normalized spacial score (nSPS) is 19.1. The molecule has 0 saturated heterocycles. The van der Waals surface area contributed by atoms with Gasteiger partial charge in [-0.15, -0.1) is 0 Å². The summed E-state index contributed by atoms with van der Waals surface area (Å²) in [7, 11) is 0. The van der Waals surface area contributed by atoms with Crippen LogP contribution >= 0.6 is 0 Å².